The van der Waals surface area contributed by atoms with Gasteiger partial charge in [0, 0.05) is 30.4 Å². The summed E-state index contributed by atoms with van der Waals surface area (Å²) in [6.45, 7) is 2.26. The molecule has 0 saturated carbocycles. The van der Waals surface area contributed by atoms with Gasteiger partial charge in [-0.05, 0) is 60.7 Å². The minimum Gasteiger partial charge on any atom is -0.486 e. The molecule has 0 atom stereocenters. The summed E-state index contributed by atoms with van der Waals surface area (Å²) >= 11 is 11.8. The SMILES string of the molecule is O=S(=O)(c1ccc(Cl)c(NC(=S)N/N=C\c2cn(-c3ccccc3)nc2-c2ccc3c(c2)OCCO3)c1)N1CCOCC1. The highest BCUT2D eigenvalue weighted by Crippen LogP contribution is 2.35. The number of sulfonamides is 1. The van der Waals surface area contributed by atoms with Gasteiger partial charge in [0.05, 0.1) is 40.7 Å². The van der Waals surface area contributed by atoms with E-state index in [1.807, 2.05) is 54.7 Å². The third kappa shape index (κ3) is 6.50. The monoisotopic (exact) mass is 638 g/mol. The fourth-order valence-electron chi connectivity index (χ4n) is 4.62. The van der Waals surface area contributed by atoms with Crippen LogP contribution < -0.4 is 20.2 Å². The van der Waals surface area contributed by atoms with Crippen LogP contribution >= 0.6 is 23.8 Å². The highest BCUT2D eigenvalue weighted by atomic mass is 35.5. The quantitative estimate of drug-likeness (QED) is 0.173. The van der Waals surface area contributed by atoms with E-state index in [9.17, 15) is 8.42 Å². The molecule has 3 aromatic carbocycles. The first-order chi connectivity index (χ1) is 20.9. The molecule has 0 unspecified atom stereocenters. The van der Waals surface area contributed by atoms with E-state index in [0.717, 1.165) is 11.3 Å². The molecule has 3 heterocycles. The van der Waals surface area contributed by atoms with Crippen molar-refractivity contribution in [3.05, 3.63) is 83.5 Å². The Morgan fingerprint density at radius 2 is 1.74 bits per heavy atom. The second kappa shape index (κ2) is 12.7. The predicted octanol–water partition coefficient (Wildman–Crippen LogP) is 4.31. The van der Waals surface area contributed by atoms with Gasteiger partial charge in [-0.3, -0.25) is 5.43 Å². The summed E-state index contributed by atoms with van der Waals surface area (Å²) in [5.41, 5.74) is 6.21. The molecule has 6 rings (SSSR count). The molecule has 43 heavy (non-hydrogen) atoms. The first kappa shape index (κ1) is 29.1. The van der Waals surface area contributed by atoms with Crippen molar-refractivity contribution in [2.24, 2.45) is 5.10 Å². The lowest BCUT2D eigenvalue weighted by atomic mass is 10.1. The van der Waals surface area contributed by atoms with Gasteiger partial charge in [0.1, 0.15) is 18.9 Å². The van der Waals surface area contributed by atoms with Crippen molar-refractivity contribution in [3.8, 4) is 28.4 Å². The van der Waals surface area contributed by atoms with E-state index in [2.05, 4.69) is 15.8 Å². The zero-order chi connectivity index (χ0) is 29.8. The van der Waals surface area contributed by atoms with Gasteiger partial charge >= 0.3 is 0 Å². The van der Waals surface area contributed by atoms with E-state index < -0.39 is 10.0 Å². The number of ether oxygens (including phenoxy) is 3. The Bertz CT molecular complexity index is 1780. The molecule has 2 aliphatic rings. The van der Waals surface area contributed by atoms with Crippen molar-refractivity contribution in [2.75, 3.05) is 44.8 Å². The van der Waals surface area contributed by atoms with Gasteiger partial charge in [0.25, 0.3) is 0 Å². The number of hydrogen-bond donors (Lipinski definition) is 2. The van der Waals surface area contributed by atoms with E-state index in [0.29, 0.717) is 59.9 Å². The highest BCUT2D eigenvalue weighted by Gasteiger charge is 2.27. The first-order valence-corrected chi connectivity index (χ1v) is 15.6. The van der Waals surface area contributed by atoms with Gasteiger partial charge in [-0.2, -0.15) is 14.5 Å². The normalized spacial score (nSPS) is 15.4. The summed E-state index contributed by atoms with van der Waals surface area (Å²) in [6, 6.07) is 19.8. The van der Waals surface area contributed by atoms with Gasteiger partial charge in [0.15, 0.2) is 16.6 Å². The van der Waals surface area contributed by atoms with Crippen molar-refractivity contribution in [1.82, 2.24) is 19.5 Å². The van der Waals surface area contributed by atoms with Crippen LogP contribution in [0.25, 0.3) is 16.9 Å². The number of aromatic nitrogens is 2. The molecule has 2 N–H and O–H groups in total. The first-order valence-electron chi connectivity index (χ1n) is 13.4. The molecule has 0 spiro atoms. The van der Waals surface area contributed by atoms with Crippen LogP contribution in [0.2, 0.25) is 5.02 Å². The second-order valence-electron chi connectivity index (χ2n) is 9.55. The predicted molar refractivity (Wildman–Crippen MR) is 168 cm³/mol. The topological polar surface area (TPSA) is 119 Å². The van der Waals surface area contributed by atoms with Gasteiger partial charge in [-0.1, -0.05) is 29.8 Å². The summed E-state index contributed by atoms with van der Waals surface area (Å²) in [5.74, 6) is 1.34. The minimum absolute atomic E-state index is 0.102. The zero-order valence-corrected chi connectivity index (χ0v) is 25.2. The fraction of sp³-hybridized carbons (Fsp3) is 0.207. The average Bonchev–Trinajstić information content (AvgIpc) is 3.47. The maximum atomic E-state index is 13.1. The number of para-hydroxylation sites is 1. The lowest BCUT2D eigenvalue weighted by Gasteiger charge is -2.26. The molecule has 222 valence electrons. The smallest absolute Gasteiger partial charge is 0.243 e. The van der Waals surface area contributed by atoms with E-state index in [1.54, 1.807) is 10.9 Å². The van der Waals surface area contributed by atoms with E-state index >= 15 is 0 Å². The summed E-state index contributed by atoms with van der Waals surface area (Å²) in [5, 5.41) is 12.5. The molecule has 1 saturated heterocycles. The van der Waals surface area contributed by atoms with Crippen LogP contribution in [-0.2, 0) is 14.8 Å². The molecule has 4 aromatic rings. The number of anilines is 1. The van der Waals surface area contributed by atoms with Crippen LogP contribution in [0, 0.1) is 0 Å². The summed E-state index contributed by atoms with van der Waals surface area (Å²) in [7, 11) is -3.71. The van der Waals surface area contributed by atoms with E-state index in [-0.39, 0.29) is 23.1 Å². The van der Waals surface area contributed by atoms with Crippen molar-refractivity contribution in [1.29, 1.82) is 0 Å². The largest absolute Gasteiger partial charge is 0.486 e. The molecule has 0 aliphatic carbocycles. The Balaban J connectivity index is 1.21. The number of halogens is 1. The van der Waals surface area contributed by atoms with E-state index in [4.69, 9.17) is 43.1 Å². The van der Waals surface area contributed by atoms with Crippen LogP contribution in [-0.4, -0.2) is 73.3 Å². The van der Waals surface area contributed by atoms with Gasteiger partial charge in [-0.15, -0.1) is 0 Å². The Kier molecular flexibility index (Phi) is 8.58. The van der Waals surface area contributed by atoms with Gasteiger partial charge in [0.2, 0.25) is 10.0 Å². The molecular formula is C29H27ClN6O5S2. The Morgan fingerprint density at radius 1 is 0.977 bits per heavy atom. The van der Waals surface area contributed by atoms with Crippen LogP contribution in [0.5, 0.6) is 11.5 Å². The van der Waals surface area contributed by atoms with Crippen molar-refractivity contribution >= 4 is 50.9 Å². The number of benzene rings is 3. The van der Waals surface area contributed by atoms with Crippen LogP contribution in [0.15, 0.2) is 82.9 Å². The maximum absolute atomic E-state index is 13.1. The van der Waals surface area contributed by atoms with Crippen molar-refractivity contribution in [3.63, 3.8) is 0 Å². The van der Waals surface area contributed by atoms with Crippen molar-refractivity contribution < 1.29 is 22.6 Å². The van der Waals surface area contributed by atoms with Crippen LogP contribution in [0.3, 0.4) is 0 Å². The average molecular weight is 639 g/mol. The number of nitrogens with one attached hydrogen (secondary N) is 2. The molecule has 0 radical (unpaired) electrons. The molecule has 1 fully saturated rings. The van der Waals surface area contributed by atoms with E-state index in [1.165, 1.54) is 22.5 Å². The molecule has 1 aromatic heterocycles. The van der Waals surface area contributed by atoms with Crippen LogP contribution in [0.1, 0.15) is 5.56 Å². The number of morpholine rings is 1. The Morgan fingerprint density at radius 3 is 2.53 bits per heavy atom. The minimum atomic E-state index is -3.71. The Hall–Kier alpha value is -4.01. The van der Waals surface area contributed by atoms with Gasteiger partial charge < -0.3 is 19.5 Å². The molecule has 14 heteroatoms. The second-order valence-corrected chi connectivity index (χ2v) is 12.3. The fourth-order valence-corrected chi connectivity index (χ4v) is 6.38. The third-order valence-electron chi connectivity index (χ3n) is 6.74. The number of nitrogens with zero attached hydrogens (tertiary/aromatic N) is 4. The lowest BCUT2D eigenvalue weighted by Crippen LogP contribution is -2.40. The highest BCUT2D eigenvalue weighted by molar-refractivity contribution is 7.89. The Labute approximate surface area is 259 Å². The van der Waals surface area contributed by atoms with Crippen molar-refractivity contribution in [2.45, 2.75) is 4.90 Å². The maximum Gasteiger partial charge on any atom is 0.243 e. The van der Waals surface area contributed by atoms with Crippen LogP contribution in [0.4, 0.5) is 5.69 Å². The molecule has 0 amide bonds. The molecular weight excluding hydrogens is 612 g/mol. The standard InChI is InChI=1S/C29H27ClN6O5S2/c30-24-8-7-23(43(37,38)35-10-12-39-13-11-35)17-25(24)32-29(42)33-31-18-21-19-36(22-4-2-1-3-5-22)34-28(21)20-6-9-26-27(16-20)41-15-14-40-26/h1-9,16-19H,10-15H2,(H2,32,33,42)/b31-18-. The lowest BCUT2D eigenvalue weighted by molar-refractivity contribution is 0.0730. The van der Waals surface area contributed by atoms with Gasteiger partial charge in [-0.25, -0.2) is 13.1 Å². The number of hydrazone groups is 1. The molecule has 2 aliphatic heterocycles. The number of fused-ring (bicyclic) bond motifs is 1. The zero-order valence-electron chi connectivity index (χ0n) is 22.8. The number of rotatable bonds is 7. The summed E-state index contributed by atoms with van der Waals surface area (Å²) in [6.07, 6.45) is 3.47. The molecule has 0 bridgehead atoms. The summed E-state index contributed by atoms with van der Waals surface area (Å²) < 4.78 is 46.1. The third-order valence-corrected chi connectivity index (χ3v) is 9.16. The number of thiocarbonyl (C=S) groups is 1. The summed E-state index contributed by atoms with van der Waals surface area (Å²) in [4.78, 5) is 0.102. The molecule has 11 nitrogen and oxygen atoms in total. The number of hydrogen-bond acceptors (Lipinski definition) is 8.